The van der Waals surface area contributed by atoms with E-state index in [1.165, 1.54) is 0 Å². The number of rotatable bonds is 5. The van der Waals surface area contributed by atoms with Crippen molar-refractivity contribution < 1.29 is 14.3 Å². The van der Waals surface area contributed by atoms with E-state index >= 15 is 0 Å². The predicted molar refractivity (Wildman–Crippen MR) is 54.2 cm³/mol. The lowest BCUT2D eigenvalue weighted by atomic mass is 10.2. The topological polar surface area (TPSA) is 35.5 Å². The molecule has 0 saturated carbocycles. The molecule has 0 N–H and O–H groups in total. The molecule has 0 bridgehead atoms. The second-order valence-corrected chi connectivity index (χ2v) is 2.88. The molecule has 0 aliphatic heterocycles. The molecule has 0 unspecified atom stereocenters. The summed E-state index contributed by atoms with van der Waals surface area (Å²) in [6, 6.07) is 5.11. The summed E-state index contributed by atoms with van der Waals surface area (Å²) >= 11 is 0. The van der Waals surface area contributed by atoms with Crippen LogP contribution in [0.1, 0.15) is 23.7 Å². The highest BCUT2D eigenvalue weighted by atomic mass is 16.5. The Morgan fingerprint density at radius 1 is 1.36 bits per heavy atom. The van der Waals surface area contributed by atoms with Gasteiger partial charge in [0.05, 0.1) is 13.7 Å². The Hall–Kier alpha value is -1.51. The van der Waals surface area contributed by atoms with Crippen molar-refractivity contribution in [3.8, 4) is 11.5 Å². The maximum atomic E-state index is 10.5. The molecule has 0 aliphatic carbocycles. The fourth-order valence-electron chi connectivity index (χ4n) is 1.09. The summed E-state index contributed by atoms with van der Waals surface area (Å²) in [5.74, 6) is 1.28. The van der Waals surface area contributed by atoms with Crippen molar-refractivity contribution in [2.45, 2.75) is 13.3 Å². The van der Waals surface area contributed by atoms with Crippen molar-refractivity contribution >= 4 is 6.29 Å². The van der Waals surface area contributed by atoms with Crippen LogP contribution in [-0.4, -0.2) is 20.0 Å². The van der Waals surface area contributed by atoms with Gasteiger partial charge in [-0.1, -0.05) is 6.92 Å². The van der Waals surface area contributed by atoms with Crippen molar-refractivity contribution in [2.24, 2.45) is 0 Å². The van der Waals surface area contributed by atoms with E-state index in [9.17, 15) is 4.79 Å². The molecule has 76 valence electrons. The normalized spacial score (nSPS) is 9.57. The van der Waals surface area contributed by atoms with Gasteiger partial charge in [0.2, 0.25) is 0 Å². The van der Waals surface area contributed by atoms with Gasteiger partial charge in [-0.25, -0.2) is 0 Å². The molecule has 14 heavy (non-hydrogen) atoms. The molecule has 0 fully saturated rings. The Morgan fingerprint density at radius 2 is 2.14 bits per heavy atom. The summed E-state index contributed by atoms with van der Waals surface area (Å²) in [6.45, 7) is 2.65. The maximum absolute atomic E-state index is 10.5. The van der Waals surface area contributed by atoms with E-state index in [-0.39, 0.29) is 0 Å². The standard InChI is InChI=1S/C11H14O3/c1-3-6-14-11-7-9(8-12)4-5-10(11)13-2/h4-5,7-8H,3,6H2,1-2H3. The first-order valence-electron chi connectivity index (χ1n) is 4.57. The van der Waals surface area contributed by atoms with Crippen molar-refractivity contribution in [1.29, 1.82) is 0 Å². The molecule has 0 aromatic heterocycles. The van der Waals surface area contributed by atoms with Gasteiger partial charge in [0.25, 0.3) is 0 Å². The van der Waals surface area contributed by atoms with Crippen molar-refractivity contribution in [3.05, 3.63) is 23.8 Å². The molecule has 3 heteroatoms. The fourth-order valence-corrected chi connectivity index (χ4v) is 1.09. The second-order valence-electron chi connectivity index (χ2n) is 2.88. The Labute approximate surface area is 83.6 Å². The van der Waals surface area contributed by atoms with Gasteiger partial charge in [0, 0.05) is 5.56 Å². The molecule has 1 aromatic carbocycles. The molecule has 3 nitrogen and oxygen atoms in total. The number of carbonyl (C=O) groups is 1. The van der Waals surface area contributed by atoms with E-state index in [0.717, 1.165) is 12.7 Å². The lowest BCUT2D eigenvalue weighted by Crippen LogP contribution is -1.98. The van der Waals surface area contributed by atoms with Crippen LogP contribution in [0.25, 0.3) is 0 Å². The van der Waals surface area contributed by atoms with Crippen molar-refractivity contribution in [1.82, 2.24) is 0 Å². The average molecular weight is 194 g/mol. The first kappa shape index (κ1) is 10.6. The molecule has 0 radical (unpaired) electrons. The highest BCUT2D eigenvalue weighted by molar-refractivity contribution is 5.76. The number of hydrogen-bond acceptors (Lipinski definition) is 3. The number of hydrogen-bond donors (Lipinski definition) is 0. The quantitative estimate of drug-likeness (QED) is 0.675. The molecule has 0 atom stereocenters. The van der Waals surface area contributed by atoms with Crippen LogP contribution in [-0.2, 0) is 0 Å². The van der Waals surface area contributed by atoms with Gasteiger partial charge < -0.3 is 9.47 Å². The monoisotopic (exact) mass is 194 g/mol. The van der Waals surface area contributed by atoms with E-state index < -0.39 is 0 Å². The van der Waals surface area contributed by atoms with Gasteiger partial charge >= 0.3 is 0 Å². The van der Waals surface area contributed by atoms with Crippen LogP contribution in [0.15, 0.2) is 18.2 Å². The smallest absolute Gasteiger partial charge is 0.161 e. The number of ether oxygens (including phenoxy) is 2. The van der Waals surface area contributed by atoms with Gasteiger partial charge in [-0.3, -0.25) is 4.79 Å². The zero-order valence-electron chi connectivity index (χ0n) is 8.45. The van der Waals surface area contributed by atoms with Gasteiger partial charge in [-0.05, 0) is 24.6 Å². The third-order valence-corrected chi connectivity index (χ3v) is 1.79. The Morgan fingerprint density at radius 3 is 2.71 bits per heavy atom. The molecular formula is C11H14O3. The minimum absolute atomic E-state index is 0.594. The molecule has 1 aromatic rings. The van der Waals surface area contributed by atoms with Crippen molar-refractivity contribution in [2.75, 3.05) is 13.7 Å². The first-order valence-corrected chi connectivity index (χ1v) is 4.57. The maximum Gasteiger partial charge on any atom is 0.161 e. The third kappa shape index (κ3) is 2.49. The van der Waals surface area contributed by atoms with Crippen LogP contribution in [0.3, 0.4) is 0 Å². The van der Waals surface area contributed by atoms with Crippen LogP contribution >= 0.6 is 0 Å². The molecule has 0 spiro atoms. The molecule has 0 aliphatic rings. The zero-order chi connectivity index (χ0) is 10.4. The van der Waals surface area contributed by atoms with Gasteiger partial charge in [-0.2, -0.15) is 0 Å². The number of methoxy groups -OCH3 is 1. The zero-order valence-corrected chi connectivity index (χ0v) is 8.45. The summed E-state index contributed by atoms with van der Waals surface area (Å²) in [5.41, 5.74) is 0.594. The van der Waals surface area contributed by atoms with E-state index in [0.29, 0.717) is 23.7 Å². The van der Waals surface area contributed by atoms with Gasteiger partial charge in [0.15, 0.2) is 11.5 Å². The molecule has 0 amide bonds. The van der Waals surface area contributed by atoms with E-state index in [1.807, 2.05) is 6.92 Å². The Balaban J connectivity index is 2.89. The number of aldehydes is 1. The fraction of sp³-hybridized carbons (Fsp3) is 0.364. The van der Waals surface area contributed by atoms with E-state index in [2.05, 4.69) is 0 Å². The first-order chi connectivity index (χ1) is 6.81. The molecule has 1 rings (SSSR count). The summed E-state index contributed by atoms with van der Waals surface area (Å²) in [4.78, 5) is 10.5. The van der Waals surface area contributed by atoms with Crippen LogP contribution in [0.4, 0.5) is 0 Å². The van der Waals surface area contributed by atoms with E-state index in [1.54, 1.807) is 25.3 Å². The molecule has 0 heterocycles. The minimum atomic E-state index is 0.594. The van der Waals surface area contributed by atoms with Crippen LogP contribution < -0.4 is 9.47 Å². The Bertz CT molecular complexity index is 307. The summed E-state index contributed by atoms with van der Waals surface area (Å²) < 4.78 is 10.5. The van der Waals surface area contributed by atoms with E-state index in [4.69, 9.17) is 9.47 Å². The Kier molecular flexibility index (Phi) is 3.98. The van der Waals surface area contributed by atoms with Crippen molar-refractivity contribution in [3.63, 3.8) is 0 Å². The highest BCUT2D eigenvalue weighted by Crippen LogP contribution is 2.27. The average Bonchev–Trinajstić information content (AvgIpc) is 2.25. The molecular weight excluding hydrogens is 180 g/mol. The number of carbonyl (C=O) groups excluding carboxylic acids is 1. The summed E-state index contributed by atoms with van der Waals surface area (Å²) in [6.07, 6.45) is 1.71. The van der Waals surface area contributed by atoms with Gasteiger partial charge in [0.1, 0.15) is 6.29 Å². The third-order valence-electron chi connectivity index (χ3n) is 1.79. The SMILES string of the molecule is CCCOc1cc(C=O)ccc1OC. The second kappa shape index (κ2) is 5.27. The minimum Gasteiger partial charge on any atom is -0.493 e. The highest BCUT2D eigenvalue weighted by Gasteiger charge is 2.04. The lowest BCUT2D eigenvalue weighted by Gasteiger charge is -2.09. The lowest BCUT2D eigenvalue weighted by molar-refractivity contribution is 0.112. The van der Waals surface area contributed by atoms with Crippen LogP contribution in [0.2, 0.25) is 0 Å². The molecule has 0 saturated heterocycles. The largest absolute Gasteiger partial charge is 0.493 e. The number of benzene rings is 1. The summed E-state index contributed by atoms with van der Waals surface area (Å²) in [7, 11) is 1.58. The predicted octanol–water partition coefficient (Wildman–Crippen LogP) is 2.30. The van der Waals surface area contributed by atoms with Gasteiger partial charge in [-0.15, -0.1) is 0 Å². The van der Waals surface area contributed by atoms with Crippen LogP contribution in [0.5, 0.6) is 11.5 Å². The van der Waals surface area contributed by atoms with Crippen LogP contribution in [0, 0.1) is 0 Å². The summed E-state index contributed by atoms with van der Waals surface area (Å²) in [5, 5.41) is 0.